The Labute approximate surface area is 142 Å². The van der Waals surface area contributed by atoms with Crippen molar-refractivity contribution < 1.29 is 4.74 Å². The minimum absolute atomic E-state index is 0.639. The van der Waals surface area contributed by atoms with Crippen molar-refractivity contribution >= 4 is 0 Å². The first-order valence-electron chi connectivity index (χ1n) is 8.29. The van der Waals surface area contributed by atoms with E-state index in [1.54, 1.807) is 7.11 Å². The first kappa shape index (κ1) is 15.0. The molecule has 1 aliphatic rings. The second kappa shape index (κ2) is 6.49. The second-order valence-electron chi connectivity index (χ2n) is 6.16. The van der Waals surface area contributed by atoms with Crippen LogP contribution in [0.25, 0.3) is 5.69 Å². The van der Waals surface area contributed by atoms with E-state index in [1.807, 2.05) is 18.3 Å². The standard InChI is InChI=1S/C20H21N3O/c1-24-20-9-8-18(13-21-20)23-11-4-7-19(23)15-22-12-10-16-5-2-3-6-17(16)14-22/h2-9,11,13H,10,12,14-15H2,1H3. The van der Waals surface area contributed by atoms with Crippen LogP contribution in [0.2, 0.25) is 0 Å². The van der Waals surface area contributed by atoms with Gasteiger partial charge in [0.2, 0.25) is 5.88 Å². The largest absolute Gasteiger partial charge is 0.481 e. The molecule has 0 fully saturated rings. The van der Waals surface area contributed by atoms with Gasteiger partial charge in [-0.1, -0.05) is 24.3 Å². The SMILES string of the molecule is COc1ccc(-n2cccc2CN2CCc3ccccc3C2)cn1. The molecule has 0 spiro atoms. The molecular formula is C20H21N3O. The Hall–Kier alpha value is -2.59. The number of pyridine rings is 1. The van der Waals surface area contributed by atoms with Crippen molar-refractivity contribution in [3.63, 3.8) is 0 Å². The summed E-state index contributed by atoms with van der Waals surface area (Å²) in [5.41, 5.74) is 5.28. The number of hydrogen-bond donors (Lipinski definition) is 0. The topological polar surface area (TPSA) is 30.3 Å². The molecule has 24 heavy (non-hydrogen) atoms. The molecule has 0 bridgehead atoms. The Kier molecular flexibility index (Phi) is 4.05. The molecule has 0 saturated heterocycles. The Morgan fingerprint density at radius 2 is 1.92 bits per heavy atom. The summed E-state index contributed by atoms with van der Waals surface area (Å²) in [4.78, 5) is 6.82. The zero-order chi connectivity index (χ0) is 16.4. The fourth-order valence-electron chi connectivity index (χ4n) is 3.35. The van der Waals surface area contributed by atoms with Gasteiger partial charge in [0, 0.05) is 37.6 Å². The molecule has 2 aromatic heterocycles. The molecule has 3 heterocycles. The van der Waals surface area contributed by atoms with Crippen LogP contribution in [0.15, 0.2) is 60.9 Å². The maximum atomic E-state index is 5.14. The number of benzene rings is 1. The van der Waals surface area contributed by atoms with E-state index in [2.05, 4.69) is 57.0 Å². The van der Waals surface area contributed by atoms with Crippen molar-refractivity contribution in [1.82, 2.24) is 14.5 Å². The summed E-state index contributed by atoms with van der Waals surface area (Å²) in [5, 5.41) is 0. The minimum atomic E-state index is 0.639. The highest BCUT2D eigenvalue weighted by molar-refractivity contribution is 5.35. The van der Waals surface area contributed by atoms with E-state index in [0.717, 1.165) is 31.7 Å². The van der Waals surface area contributed by atoms with Crippen LogP contribution < -0.4 is 4.74 Å². The molecule has 0 atom stereocenters. The molecule has 0 N–H and O–H groups in total. The van der Waals surface area contributed by atoms with Gasteiger partial charge in [-0.25, -0.2) is 4.98 Å². The maximum absolute atomic E-state index is 5.14. The van der Waals surface area contributed by atoms with Crippen LogP contribution >= 0.6 is 0 Å². The minimum Gasteiger partial charge on any atom is -0.481 e. The molecule has 0 unspecified atom stereocenters. The van der Waals surface area contributed by atoms with E-state index in [0.29, 0.717) is 5.88 Å². The van der Waals surface area contributed by atoms with Crippen LogP contribution in [0.4, 0.5) is 0 Å². The van der Waals surface area contributed by atoms with Crippen LogP contribution in [-0.2, 0) is 19.5 Å². The van der Waals surface area contributed by atoms with Crippen LogP contribution in [0.5, 0.6) is 5.88 Å². The molecule has 1 aliphatic heterocycles. The molecule has 0 aliphatic carbocycles. The van der Waals surface area contributed by atoms with Gasteiger partial charge in [0.15, 0.2) is 0 Å². The fourth-order valence-corrected chi connectivity index (χ4v) is 3.35. The highest BCUT2D eigenvalue weighted by Crippen LogP contribution is 2.22. The van der Waals surface area contributed by atoms with Gasteiger partial charge in [0.25, 0.3) is 0 Å². The number of nitrogens with zero attached hydrogens (tertiary/aromatic N) is 3. The molecule has 4 nitrogen and oxygen atoms in total. The number of fused-ring (bicyclic) bond motifs is 1. The Morgan fingerprint density at radius 1 is 1.04 bits per heavy atom. The summed E-state index contributed by atoms with van der Waals surface area (Å²) in [5.74, 6) is 0.639. The van der Waals surface area contributed by atoms with Crippen molar-refractivity contribution in [3.05, 3.63) is 77.7 Å². The second-order valence-corrected chi connectivity index (χ2v) is 6.16. The van der Waals surface area contributed by atoms with E-state index in [-0.39, 0.29) is 0 Å². The summed E-state index contributed by atoms with van der Waals surface area (Å²) >= 11 is 0. The van der Waals surface area contributed by atoms with E-state index < -0.39 is 0 Å². The quantitative estimate of drug-likeness (QED) is 0.738. The summed E-state index contributed by atoms with van der Waals surface area (Å²) in [6.07, 6.45) is 5.07. The monoisotopic (exact) mass is 319 g/mol. The average molecular weight is 319 g/mol. The van der Waals surface area contributed by atoms with E-state index in [4.69, 9.17) is 4.74 Å². The first-order chi connectivity index (χ1) is 11.8. The first-order valence-corrected chi connectivity index (χ1v) is 8.29. The zero-order valence-corrected chi connectivity index (χ0v) is 13.9. The number of aromatic nitrogens is 2. The summed E-state index contributed by atoms with van der Waals surface area (Å²) in [6.45, 7) is 3.05. The smallest absolute Gasteiger partial charge is 0.213 e. The van der Waals surface area contributed by atoms with Gasteiger partial charge >= 0.3 is 0 Å². The lowest BCUT2D eigenvalue weighted by atomic mass is 10.00. The van der Waals surface area contributed by atoms with Crippen LogP contribution in [0, 0.1) is 0 Å². The molecule has 1 aromatic carbocycles. The van der Waals surface area contributed by atoms with Gasteiger partial charge in [0.05, 0.1) is 19.0 Å². The zero-order valence-electron chi connectivity index (χ0n) is 13.9. The van der Waals surface area contributed by atoms with Crippen LogP contribution in [0.3, 0.4) is 0 Å². The third-order valence-corrected chi connectivity index (χ3v) is 4.64. The van der Waals surface area contributed by atoms with Crippen LogP contribution in [0.1, 0.15) is 16.8 Å². The highest BCUT2D eigenvalue weighted by Gasteiger charge is 2.17. The normalized spacial score (nSPS) is 14.4. The van der Waals surface area contributed by atoms with Gasteiger partial charge in [-0.3, -0.25) is 4.90 Å². The van der Waals surface area contributed by atoms with Crippen LogP contribution in [-0.4, -0.2) is 28.1 Å². The highest BCUT2D eigenvalue weighted by atomic mass is 16.5. The van der Waals surface area contributed by atoms with Gasteiger partial charge in [-0.15, -0.1) is 0 Å². The Bertz CT molecular complexity index is 823. The number of methoxy groups -OCH3 is 1. The Balaban J connectivity index is 1.53. The fraction of sp³-hybridized carbons (Fsp3) is 0.250. The molecule has 0 saturated carbocycles. The van der Waals surface area contributed by atoms with Crippen molar-refractivity contribution in [1.29, 1.82) is 0 Å². The lowest BCUT2D eigenvalue weighted by Gasteiger charge is -2.29. The maximum Gasteiger partial charge on any atom is 0.213 e. The van der Waals surface area contributed by atoms with Crippen molar-refractivity contribution in [2.75, 3.05) is 13.7 Å². The molecule has 0 amide bonds. The van der Waals surface area contributed by atoms with Gasteiger partial charge < -0.3 is 9.30 Å². The van der Waals surface area contributed by atoms with Gasteiger partial charge in [-0.2, -0.15) is 0 Å². The predicted molar refractivity (Wildman–Crippen MR) is 94.4 cm³/mol. The number of hydrogen-bond acceptors (Lipinski definition) is 3. The van der Waals surface area contributed by atoms with Gasteiger partial charge in [0.1, 0.15) is 0 Å². The van der Waals surface area contributed by atoms with Crippen molar-refractivity contribution in [2.24, 2.45) is 0 Å². The lowest BCUT2D eigenvalue weighted by molar-refractivity contribution is 0.241. The summed E-state index contributed by atoms with van der Waals surface area (Å²) < 4.78 is 7.34. The molecule has 0 radical (unpaired) electrons. The number of ether oxygens (including phenoxy) is 1. The van der Waals surface area contributed by atoms with Gasteiger partial charge in [-0.05, 0) is 35.7 Å². The molecule has 4 rings (SSSR count). The molecular weight excluding hydrogens is 298 g/mol. The summed E-state index contributed by atoms with van der Waals surface area (Å²) in [7, 11) is 1.64. The van der Waals surface area contributed by atoms with Crippen molar-refractivity contribution in [2.45, 2.75) is 19.5 Å². The van der Waals surface area contributed by atoms with E-state index in [1.165, 1.54) is 16.8 Å². The van der Waals surface area contributed by atoms with E-state index >= 15 is 0 Å². The predicted octanol–water partition coefficient (Wildman–Crippen LogP) is 3.44. The van der Waals surface area contributed by atoms with Crippen molar-refractivity contribution in [3.8, 4) is 11.6 Å². The third kappa shape index (κ3) is 2.93. The molecule has 122 valence electrons. The molecule has 4 heteroatoms. The Morgan fingerprint density at radius 3 is 2.71 bits per heavy atom. The number of rotatable bonds is 4. The summed E-state index contributed by atoms with van der Waals surface area (Å²) in [6, 6.07) is 17.0. The third-order valence-electron chi connectivity index (χ3n) is 4.64. The lowest BCUT2D eigenvalue weighted by Crippen LogP contribution is -2.30. The molecule has 3 aromatic rings. The average Bonchev–Trinajstić information content (AvgIpc) is 3.10. The van der Waals surface area contributed by atoms with E-state index in [9.17, 15) is 0 Å².